The molecule has 0 amide bonds. The zero-order valence-corrected chi connectivity index (χ0v) is 8.73. The van der Waals surface area contributed by atoms with Crippen molar-refractivity contribution in [1.82, 2.24) is 20.3 Å². The van der Waals surface area contributed by atoms with Gasteiger partial charge in [-0.2, -0.15) is 13.2 Å². The second kappa shape index (κ2) is 4.04. The molecule has 0 unspecified atom stereocenters. The third kappa shape index (κ3) is 2.19. The molecule has 0 radical (unpaired) electrons. The fourth-order valence-corrected chi connectivity index (χ4v) is 1.33. The maximum absolute atomic E-state index is 12.3. The van der Waals surface area contributed by atoms with Crippen LogP contribution in [0, 0.1) is 0 Å². The zero-order chi connectivity index (χ0) is 12.5. The Labute approximate surface area is 94.2 Å². The molecular weight excluding hydrogens is 235 g/mol. The van der Waals surface area contributed by atoms with Gasteiger partial charge in [0.25, 0.3) is 0 Å². The van der Waals surface area contributed by atoms with Crippen molar-refractivity contribution in [3.63, 3.8) is 0 Å². The van der Waals surface area contributed by atoms with E-state index in [0.717, 1.165) is 12.1 Å². The minimum absolute atomic E-state index is 0.348. The number of alkyl halides is 3. The van der Waals surface area contributed by atoms with Crippen molar-refractivity contribution in [2.75, 3.05) is 12.5 Å². The highest BCUT2D eigenvalue weighted by Gasteiger charge is 2.30. The van der Waals surface area contributed by atoms with Gasteiger partial charge in [-0.15, -0.1) is 9.89 Å². The zero-order valence-electron chi connectivity index (χ0n) is 8.73. The van der Waals surface area contributed by atoms with E-state index in [1.165, 1.54) is 16.9 Å². The molecule has 0 spiro atoms. The molecule has 2 rings (SSSR count). The van der Waals surface area contributed by atoms with E-state index in [-0.39, 0.29) is 0 Å². The normalized spacial score (nSPS) is 11.5. The van der Waals surface area contributed by atoms with E-state index in [2.05, 4.69) is 21.0 Å². The molecule has 1 aromatic heterocycles. The average Bonchev–Trinajstić information content (AvgIpc) is 2.76. The summed E-state index contributed by atoms with van der Waals surface area (Å²) in [5, 5.41) is 10.7. The van der Waals surface area contributed by atoms with Gasteiger partial charge in [0.1, 0.15) is 0 Å². The molecular formula is C9H8F3N5. The van der Waals surface area contributed by atoms with Crippen LogP contribution < -0.4 is 5.43 Å². The first kappa shape index (κ1) is 11.4. The predicted molar refractivity (Wildman–Crippen MR) is 53.5 cm³/mol. The van der Waals surface area contributed by atoms with Gasteiger partial charge in [-0.05, 0) is 22.6 Å². The Morgan fingerprint density at radius 3 is 2.35 bits per heavy atom. The summed E-state index contributed by atoms with van der Waals surface area (Å²) in [7, 11) is 1.60. The molecule has 0 aliphatic carbocycles. The third-order valence-corrected chi connectivity index (χ3v) is 2.15. The summed E-state index contributed by atoms with van der Waals surface area (Å²) >= 11 is 0. The Hall–Kier alpha value is -2.12. The van der Waals surface area contributed by atoms with Crippen molar-refractivity contribution in [3.8, 4) is 11.4 Å². The summed E-state index contributed by atoms with van der Waals surface area (Å²) in [5.74, 6) is 0.348. The highest BCUT2D eigenvalue weighted by atomic mass is 19.4. The van der Waals surface area contributed by atoms with Crippen LogP contribution in [0.2, 0.25) is 0 Å². The van der Waals surface area contributed by atoms with Crippen molar-refractivity contribution in [1.29, 1.82) is 0 Å². The average molecular weight is 243 g/mol. The first-order valence-corrected chi connectivity index (χ1v) is 4.66. The lowest BCUT2D eigenvalue weighted by Gasteiger charge is -2.07. The van der Waals surface area contributed by atoms with Crippen LogP contribution >= 0.6 is 0 Å². The SMILES string of the molecule is CNn1nnnc1-c1ccc(C(F)(F)F)cc1. The molecule has 0 saturated carbocycles. The van der Waals surface area contributed by atoms with Crippen LogP contribution in [-0.4, -0.2) is 27.4 Å². The lowest BCUT2D eigenvalue weighted by atomic mass is 10.1. The number of benzene rings is 1. The monoisotopic (exact) mass is 243 g/mol. The molecule has 0 bridgehead atoms. The molecule has 8 heteroatoms. The van der Waals surface area contributed by atoms with Gasteiger partial charge in [0.2, 0.25) is 5.82 Å². The van der Waals surface area contributed by atoms with Gasteiger partial charge in [-0.1, -0.05) is 12.1 Å². The van der Waals surface area contributed by atoms with E-state index in [0.29, 0.717) is 11.4 Å². The maximum atomic E-state index is 12.3. The van der Waals surface area contributed by atoms with Gasteiger partial charge in [0.15, 0.2) is 0 Å². The molecule has 90 valence electrons. The molecule has 0 fully saturated rings. The van der Waals surface area contributed by atoms with E-state index >= 15 is 0 Å². The van der Waals surface area contributed by atoms with Crippen LogP contribution in [0.3, 0.4) is 0 Å². The molecule has 0 atom stereocenters. The molecule has 2 aromatic rings. The quantitative estimate of drug-likeness (QED) is 0.869. The summed E-state index contributed by atoms with van der Waals surface area (Å²) < 4.78 is 37.0. The number of tetrazole rings is 1. The molecule has 0 aliphatic heterocycles. The smallest absolute Gasteiger partial charge is 0.310 e. The van der Waals surface area contributed by atoms with Gasteiger partial charge in [-0.3, -0.25) is 0 Å². The van der Waals surface area contributed by atoms with Crippen LogP contribution in [0.1, 0.15) is 5.56 Å². The number of hydrogen-bond acceptors (Lipinski definition) is 4. The van der Waals surface area contributed by atoms with Crippen LogP contribution in [-0.2, 0) is 6.18 Å². The minimum atomic E-state index is -4.34. The molecule has 1 aromatic carbocycles. The van der Waals surface area contributed by atoms with Crippen LogP contribution in [0.4, 0.5) is 13.2 Å². The Kier molecular flexibility index (Phi) is 2.70. The third-order valence-electron chi connectivity index (χ3n) is 2.15. The Bertz CT molecular complexity index is 502. The van der Waals surface area contributed by atoms with Crippen molar-refractivity contribution in [2.45, 2.75) is 6.18 Å². The maximum Gasteiger partial charge on any atom is 0.416 e. The van der Waals surface area contributed by atoms with Crippen molar-refractivity contribution < 1.29 is 13.2 Å². The number of nitrogens with zero attached hydrogens (tertiary/aromatic N) is 4. The molecule has 1 N–H and O–H groups in total. The Morgan fingerprint density at radius 1 is 1.18 bits per heavy atom. The lowest BCUT2D eigenvalue weighted by molar-refractivity contribution is -0.137. The summed E-state index contributed by atoms with van der Waals surface area (Å²) in [6.45, 7) is 0. The van der Waals surface area contributed by atoms with E-state index in [9.17, 15) is 13.2 Å². The number of nitrogens with one attached hydrogen (secondary N) is 1. The summed E-state index contributed by atoms with van der Waals surface area (Å²) in [6, 6.07) is 4.62. The largest absolute Gasteiger partial charge is 0.416 e. The second-order valence-corrected chi connectivity index (χ2v) is 3.21. The highest BCUT2D eigenvalue weighted by molar-refractivity contribution is 5.55. The van der Waals surface area contributed by atoms with E-state index < -0.39 is 11.7 Å². The molecule has 1 heterocycles. The minimum Gasteiger partial charge on any atom is -0.310 e. The summed E-state index contributed by atoms with van der Waals surface area (Å²) in [4.78, 5) is 1.27. The number of aromatic nitrogens is 4. The van der Waals surface area contributed by atoms with Crippen LogP contribution in [0.5, 0.6) is 0 Å². The lowest BCUT2D eigenvalue weighted by Crippen LogP contribution is -2.12. The molecule has 5 nitrogen and oxygen atoms in total. The first-order chi connectivity index (χ1) is 8.02. The van der Waals surface area contributed by atoms with Gasteiger partial charge in [0, 0.05) is 12.6 Å². The van der Waals surface area contributed by atoms with Gasteiger partial charge >= 0.3 is 6.18 Å². The fraction of sp³-hybridized carbons (Fsp3) is 0.222. The number of hydrogen-bond donors (Lipinski definition) is 1. The van der Waals surface area contributed by atoms with Crippen molar-refractivity contribution >= 4 is 0 Å². The highest BCUT2D eigenvalue weighted by Crippen LogP contribution is 2.30. The Balaban J connectivity index is 2.36. The van der Waals surface area contributed by atoms with Crippen LogP contribution in [0.15, 0.2) is 24.3 Å². The molecule has 0 saturated heterocycles. The predicted octanol–water partition coefficient (Wildman–Crippen LogP) is 1.53. The fourth-order valence-electron chi connectivity index (χ4n) is 1.33. The van der Waals surface area contributed by atoms with Crippen molar-refractivity contribution in [3.05, 3.63) is 29.8 Å². The molecule has 17 heavy (non-hydrogen) atoms. The summed E-state index contributed by atoms with van der Waals surface area (Å²) in [6.07, 6.45) is -4.34. The summed E-state index contributed by atoms with van der Waals surface area (Å²) in [5.41, 5.74) is 2.47. The number of halogens is 3. The molecule has 0 aliphatic rings. The van der Waals surface area contributed by atoms with E-state index in [4.69, 9.17) is 0 Å². The van der Waals surface area contributed by atoms with Crippen LogP contribution in [0.25, 0.3) is 11.4 Å². The topological polar surface area (TPSA) is 55.6 Å². The van der Waals surface area contributed by atoms with E-state index in [1.807, 2.05) is 0 Å². The van der Waals surface area contributed by atoms with Crippen molar-refractivity contribution in [2.24, 2.45) is 0 Å². The van der Waals surface area contributed by atoms with E-state index in [1.54, 1.807) is 7.05 Å². The number of rotatable bonds is 2. The van der Waals surface area contributed by atoms with Gasteiger partial charge in [0.05, 0.1) is 5.56 Å². The second-order valence-electron chi connectivity index (χ2n) is 3.21. The Morgan fingerprint density at radius 2 is 1.82 bits per heavy atom. The van der Waals surface area contributed by atoms with Gasteiger partial charge < -0.3 is 5.43 Å². The standard InChI is InChI=1S/C9H8F3N5/c1-13-17-8(14-15-16-17)6-2-4-7(5-3-6)9(10,11)12/h2-5,13H,1H3. The first-order valence-electron chi connectivity index (χ1n) is 4.66. The van der Waals surface area contributed by atoms with Gasteiger partial charge in [-0.25, -0.2) is 0 Å².